The Hall–Kier alpha value is -3.69. The van der Waals surface area contributed by atoms with Crippen molar-refractivity contribution in [1.29, 1.82) is 0 Å². The Morgan fingerprint density at radius 2 is 1.69 bits per heavy atom. The van der Waals surface area contributed by atoms with Gasteiger partial charge in [0.05, 0.1) is 10.6 Å². The number of amides is 2. The number of carboxylic acids is 1. The molecule has 1 unspecified atom stereocenters. The Bertz CT molecular complexity index is 1320. The molecule has 9 heteroatoms. The number of sulfonamides is 1. The summed E-state index contributed by atoms with van der Waals surface area (Å²) in [5.74, 6) is -1.33. The molecule has 184 valence electrons. The summed E-state index contributed by atoms with van der Waals surface area (Å²) in [6, 6.07) is 17.6. The molecule has 8 nitrogen and oxygen atoms in total. The first kappa shape index (κ1) is 25.9. The van der Waals surface area contributed by atoms with E-state index in [9.17, 15) is 23.1 Å². The third-order valence-electron chi connectivity index (χ3n) is 5.46. The van der Waals surface area contributed by atoms with E-state index in [-0.39, 0.29) is 11.3 Å². The fourth-order valence-electron chi connectivity index (χ4n) is 3.74. The average Bonchev–Trinajstić information content (AvgIpc) is 2.81. The Labute approximate surface area is 205 Å². The lowest BCUT2D eigenvalue weighted by Crippen LogP contribution is -2.42. The molecule has 3 aromatic rings. The summed E-state index contributed by atoms with van der Waals surface area (Å²) in [6.45, 7) is 5.61. The largest absolute Gasteiger partial charge is 0.480 e. The summed E-state index contributed by atoms with van der Waals surface area (Å²) in [4.78, 5) is 24.6. The van der Waals surface area contributed by atoms with Gasteiger partial charge in [-0.15, -0.1) is 0 Å². The number of urea groups is 1. The first-order valence-electron chi connectivity index (χ1n) is 11.2. The van der Waals surface area contributed by atoms with Gasteiger partial charge in [-0.05, 0) is 49.1 Å². The summed E-state index contributed by atoms with van der Waals surface area (Å²) in [6.07, 6.45) is -0.179. The molecule has 0 spiro atoms. The molecule has 0 aliphatic heterocycles. The number of hydrogen-bond donors (Lipinski definition) is 4. The minimum atomic E-state index is -4.12. The molecule has 3 rings (SSSR count). The number of aliphatic carboxylic acids is 1. The van der Waals surface area contributed by atoms with E-state index in [1.165, 1.54) is 6.07 Å². The summed E-state index contributed by atoms with van der Waals surface area (Å²) < 4.78 is 28.5. The molecule has 3 aromatic carbocycles. The summed E-state index contributed by atoms with van der Waals surface area (Å²) in [5, 5.41) is 15.4. The average molecular weight is 496 g/mol. The van der Waals surface area contributed by atoms with Gasteiger partial charge < -0.3 is 15.7 Å². The summed E-state index contributed by atoms with van der Waals surface area (Å²) >= 11 is 0. The topological polar surface area (TPSA) is 125 Å². The summed E-state index contributed by atoms with van der Waals surface area (Å²) in [7, 11) is -4.12. The minimum Gasteiger partial charge on any atom is -0.480 e. The SMILES string of the molecule is CCNC(=O)Nc1c(CC(NS(=O)(=O)c2cc(C)ccc2C)C(=O)O)cccc1-c1ccccc1. The maximum absolute atomic E-state index is 13.1. The van der Waals surface area contributed by atoms with Gasteiger partial charge in [0.15, 0.2) is 0 Å². The zero-order valence-electron chi connectivity index (χ0n) is 19.8. The maximum Gasteiger partial charge on any atom is 0.322 e. The molecular formula is C26H29N3O5S. The van der Waals surface area contributed by atoms with Crippen molar-refractivity contribution >= 4 is 27.7 Å². The number of carbonyl (C=O) groups is 2. The Balaban J connectivity index is 2.01. The van der Waals surface area contributed by atoms with Gasteiger partial charge in [0.2, 0.25) is 10.0 Å². The normalized spacial score (nSPS) is 12.1. The minimum absolute atomic E-state index is 0.0301. The molecule has 0 aliphatic rings. The van der Waals surface area contributed by atoms with E-state index >= 15 is 0 Å². The second kappa shape index (κ2) is 11.2. The Morgan fingerprint density at radius 3 is 2.34 bits per heavy atom. The highest BCUT2D eigenvalue weighted by molar-refractivity contribution is 7.89. The van der Waals surface area contributed by atoms with Gasteiger partial charge in [-0.1, -0.05) is 60.7 Å². The second-order valence-electron chi connectivity index (χ2n) is 8.18. The van der Waals surface area contributed by atoms with Gasteiger partial charge >= 0.3 is 12.0 Å². The highest BCUT2D eigenvalue weighted by Gasteiger charge is 2.28. The smallest absolute Gasteiger partial charge is 0.322 e. The monoisotopic (exact) mass is 495 g/mol. The van der Waals surface area contributed by atoms with Crippen molar-refractivity contribution in [3.8, 4) is 11.1 Å². The number of carbonyl (C=O) groups excluding carboxylic acids is 1. The molecule has 0 fully saturated rings. The van der Waals surface area contributed by atoms with Gasteiger partial charge in [-0.25, -0.2) is 13.2 Å². The predicted molar refractivity (Wildman–Crippen MR) is 136 cm³/mol. The lowest BCUT2D eigenvalue weighted by Gasteiger charge is -2.20. The van der Waals surface area contributed by atoms with Gasteiger partial charge in [-0.2, -0.15) is 4.72 Å². The lowest BCUT2D eigenvalue weighted by molar-refractivity contribution is -0.138. The van der Waals surface area contributed by atoms with Crippen LogP contribution in [-0.2, 0) is 21.2 Å². The van der Waals surface area contributed by atoms with Crippen LogP contribution in [0.1, 0.15) is 23.6 Å². The maximum atomic E-state index is 13.1. The van der Waals surface area contributed by atoms with Crippen LogP contribution in [0, 0.1) is 13.8 Å². The van der Waals surface area contributed by atoms with Crippen molar-refractivity contribution in [1.82, 2.24) is 10.0 Å². The number of anilines is 1. The van der Waals surface area contributed by atoms with Crippen LogP contribution in [0.5, 0.6) is 0 Å². The van der Waals surface area contributed by atoms with E-state index in [2.05, 4.69) is 15.4 Å². The third kappa shape index (κ3) is 6.46. The molecule has 0 heterocycles. The van der Waals surface area contributed by atoms with E-state index in [1.54, 1.807) is 45.0 Å². The van der Waals surface area contributed by atoms with Gasteiger partial charge in [0.25, 0.3) is 0 Å². The molecule has 0 aliphatic carbocycles. The molecule has 35 heavy (non-hydrogen) atoms. The quantitative estimate of drug-likeness (QED) is 0.356. The van der Waals surface area contributed by atoms with E-state index in [0.29, 0.717) is 28.9 Å². The van der Waals surface area contributed by atoms with Crippen molar-refractivity contribution in [3.05, 3.63) is 83.4 Å². The van der Waals surface area contributed by atoms with E-state index in [1.807, 2.05) is 36.4 Å². The van der Waals surface area contributed by atoms with Gasteiger partial charge in [-0.3, -0.25) is 4.79 Å². The van der Waals surface area contributed by atoms with E-state index in [4.69, 9.17) is 0 Å². The van der Waals surface area contributed by atoms with Crippen LogP contribution in [0.25, 0.3) is 11.1 Å². The molecule has 0 bridgehead atoms. The zero-order valence-corrected chi connectivity index (χ0v) is 20.6. The number of nitrogens with one attached hydrogen (secondary N) is 3. The summed E-state index contributed by atoms with van der Waals surface area (Å²) in [5.41, 5.74) is 3.67. The van der Waals surface area contributed by atoms with Crippen molar-refractivity contribution in [2.45, 2.75) is 38.1 Å². The number of para-hydroxylation sites is 1. The Kier molecular flexibility index (Phi) is 8.26. The standard InChI is InChI=1S/C26H29N3O5S/c1-4-27-26(32)28-24-20(11-8-12-21(24)19-9-6-5-7-10-19)16-22(25(30)31)29-35(33,34)23-15-17(2)13-14-18(23)3/h5-15,22,29H,4,16H2,1-3H3,(H,30,31)(H2,27,28,32). The van der Waals surface area contributed by atoms with Crippen molar-refractivity contribution in [3.63, 3.8) is 0 Å². The molecule has 0 radical (unpaired) electrons. The molecule has 0 aromatic heterocycles. The van der Waals surface area contributed by atoms with Crippen LogP contribution in [0.2, 0.25) is 0 Å². The fraction of sp³-hybridized carbons (Fsp3) is 0.231. The molecule has 0 saturated carbocycles. The van der Waals surface area contributed by atoms with Crippen molar-refractivity contribution in [2.24, 2.45) is 0 Å². The highest BCUT2D eigenvalue weighted by Crippen LogP contribution is 2.32. The fourth-order valence-corrected chi connectivity index (χ4v) is 5.26. The lowest BCUT2D eigenvalue weighted by atomic mass is 9.96. The number of carboxylic acid groups (broad SMARTS) is 1. The third-order valence-corrected chi connectivity index (χ3v) is 7.08. The van der Waals surface area contributed by atoms with E-state index in [0.717, 1.165) is 11.1 Å². The molecule has 0 saturated heterocycles. The predicted octanol–water partition coefficient (Wildman–Crippen LogP) is 4.09. The highest BCUT2D eigenvalue weighted by atomic mass is 32.2. The van der Waals surface area contributed by atoms with Crippen LogP contribution in [0.4, 0.5) is 10.5 Å². The molecule has 2 amide bonds. The molecule has 4 N–H and O–H groups in total. The zero-order chi connectivity index (χ0) is 25.6. The first-order valence-corrected chi connectivity index (χ1v) is 12.6. The number of aryl methyl sites for hydroxylation is 2. The second-order valence-corrected chi connectivity index (χ2v) is 9.86. The molecule has 1 atom stereocenters. The van der Waals surface area contributed by atoms with Crippen molar-refractivity contribution in [2.75, 3.05) is 11.9 Å². The Morgan fingerprint density at radius 1 is 0.971 bits per heavy atom. The number of benzene rings is 3. The van der Waals surface area contributed by atoms with Crippen LogP contribution < -0.4 is 15.4 Å². The van der Waals surface area contributed by atoms with Crippen LogP contribution >= 0.6 is 0 Å². The van der Waals surface area contributed by atoms with Gasteiger partial charge in [0, 0.05) is 18.5 Å². The first-order chi connectivity index (χ1) is 16.6. The van der Waals surface area contributed by atoms with Crippen LogP contribution in [0.15, 0.2) is 71.6 Å². The van der Waals surface area contributed by atoms with Crippen LogP contribution in [-0.4, -0.2) is 38.1 Å². The number of hydrogen-bond acceptors (Lipinski definition) is 4. The molecular weight excluding hydrogens is 466 g/mol. The van der Waals surface area contributed by atoms with Crippen LogP contribution in [0.3, 0.4) is 0 Å². The number of rotatable bonds is 9. The van der Waals surface area contributed by atoms with Crippen molar-refractivity contribution < 1.29 is 23.1 Å². The van der Waals surface area contributed by atoms with Gasteiger partial charge in [0.1, 0.15) is 6.04 Å². The van der Waals surface area contributed by atoms with E-state index < -0.39 is 28.1 Å².